The molecule has 0 aliphatic carbocycles. The Hall–Kier alpha value is -4.20. The fraction of sp³-hybridized carbons (Fsp3) is 0.130. The van der Waals surface area contributed by atoms with E-state index in [1.54, 1.807) is 23.0 Å². The number of aromatic nitrogens is 4. The van der Waals surface area contributed by atoms with E-state index in [9.17, 15) is 4.79 Å². The minimum atomic E-state index is -0.571. The number of hydrogen-bond acceptors (Lipinski definition) is 6. The Balaban J connectivity index is 1.59. The minimum Gasteiger partial charge on any atom is -0.464 e. The predicted molar refractivity (Wildman–Crippen MR) is 116 cm³/mol. The molecule has 0 spiro atoms. The summed E-state index contributed by atoms with van der Waals surface area (Å²) >= 11 is 0. The number of allylic oxidation sites excluding steroid dienone is 1. The maximum Gasteiger partial charge on any atom is 0.257 e. The van der Waals surface area contributed by atoms with Crippen LogP contribution in [0.5, 0.6) is 0 Å². The summed E-state index contributed by atoms with van der Waals surface area (Å²) < 4.78 is 7.62. The Kier molecular flexibility index (Phi) is 4.59. The smallest absolute Gasteiger partial charge is 0.257 e. The maximum atomic E-state index is 13.3. The second-order valence-electron chi connectivity index (χ2n) is 7.25. The van der Waals surface area contributed by atoms with Crippen molar-refractivity contribution in [3.8, 4) is 11.4 Å². The average molecular weight is 412 g/mol. The lowest BCUT2D eigenvalue weighted by Crippen LogP contribution is -2.31. The third kappa shape index (κ3) is 3.48. The first-order valence-corrected chi connectivity index (χ1v) is 9.88. The van der Waals surface area contributed by atoms with Crippen molar-refractivity contribution >= 4 is 17.7 Å². The van der Waals surface area contributed by atoms with Gasteiger partial charge in [-0.1, -0.05) is 36.4 Å². The fourth-order valence-electron chi connectivity index (χ4n) is 3.64. The van der Waals surface area contributed by atoms with E-state index in [0.717, 1.165) is 11.3 Å². The molecule has 154 valence electrons. The number of amides is 1. The topological polar surface area (TPSA) is 97.9 Å². The Morgan fingerprint density at radius 2 is 1.87 bits per heavy atom. The van der Waals surface area contributed by atoms with Crippen LogP contribution in [-0.2, 0) is 4.79 Å². The Bertz CT molecular complexity index is 1270. The van der Waals surface area contributed by atoms with Crippen molar-refractivity contribution in [3.63, 3.8) is 0 Å². The summed E-state index contributed by atoms with van der Waals surface area (Å²) in [7, 11) is 0. The molecule has 1 aliphatic heterocycles. The number of nitrogens with one attached hydrogen (secondary N) is 2. The van der Waals surface area contributed by atoms with Crippen LogP contribution < -0.4 is 10.6 Å². The van der Waals surface area contributed by atoms with E-state index >= 15 is 0 Å². The van der Waals surface area contributed by atoms with Gasteiger partial charge in [0.1, 0.15) is 23.4 Å². The minimum absolute atomic E-state index is 0.287. The van der Waals surface area contributed by atoms with E-state index in [1.165, 1.54) is 0 Å². The molecule has 1 aromatic carbocycles. The molecule has 2 N–H and O–H groups in total. The highest BCUT2D eigenvalue weighted by Gasteiger charge is 2.36. The van der Waals surface area contributed by atoms with Crippen molar-refractivity contribution < 1.29 is 9.21 Å². The van der Waals surface area contributed by atoms with Crippen molar-refractivity contribution in [1.82, 2.24) is 19.7 Å². The van der Waals surface area contributed by atoms with E-state index < -0.39 is 6.04 Å². The summed E-state index contributed by atoms with van der Waals surface area (Å²) in [5, 5.41) is 10.8. The van der Waals surface area contributed by atoms with Gasteiger partial charge >= 0.3 is 0 Å². The molecule has 1 aliphatic rings. The molecule has 1 amide bonds. The SMILES string of the molecule is CC1=C(C(=O)Nc2ccccn2)C(c2ccc(C)o2)n2nc(-c3ccccc3)nc2N1. The lowest BCUT2D eigenvalue weighted by Gasteiger charge is -2.27. The number of nitrogens with zero attached hydrogens (tertiary/aromatic N) is 4. The van der Waals surface area contributed by atoms with Crippen LogP contribution in [0.15, 0.2) is 82.5 Å². The van der Waals surface area contributed by atoms with Crippen LogP contribution >= 0.6 is 0 Å². The molecule has 1 atom stereocenters. The van der Waals surface area contributed by atoms with E-state index in [4.69, 9.17) is 9.52 Å². The number of furan rings is 1. The van der Waals surface area contributed by atoms with Crippen LogP contribution in [0.2, 0.25) is 0 Å². The standard InChI is InChI=1S/C23H20N6O2/c1-14-11-12-17(31-14)20-19(22(30)26-18-10-6-7-13-24-18)15(2)25-23-27-21(28-29(20)23)16-8-4-3-5-9-16/h3-13,20H,1-2H3,(H,24,26,30)(H,25,27,28). The number of carbonyl (C=O) groups excluding carboxylic acids is 1. The van der Waals surface area contributed by atoms with E-state index in [2.05, 4.69) is 20.6 Å². The number of benzene rings is 1. The number of aryl methyl sites for hydroxylation is 1. The van der Waals surface area contributed by atoms with Crippen LogP contribution in [0.1, 0.15) is 24.5 Å². The molecule has 0 radical (unpaired) electrons. The molecular formula is C23H20N6O2. The largest absolute Gasteiger partial charge is 0.464 e. The molecule has 31 heavy (non-hydrogen) atoms. The van der Waals surface area contributed by atoms with Gasteiger partial charge in [-0.15, -0.1) is 5.10 Å². The highest BCUT2D eigenvalue weighted by molar-refractivity contribution is 6.05. The van der Waals surface area contributed by atoms with Crippen LogP contribution in [0, 0.1) is 6.92 Å². The number of fused-ring (bicyclic) bond motifs is 1. The average Bonchev–Trinajstić information content (AvgIpc) is 3.40. The van der Waals surface area contributed by atoms with Gasteiger partial charge in [-0.2, -0.15) is 4.98 Å². The van der Waals surface area contributed by atoms with Crippen molar-refractivity contribution in [1.29, 1.82) is 0 Å². The number of rotatable bonds is 4. The molecule has 8 nitrogen and oxygen atoms in total. The van der Waals surface area contributed by atoms with E-state index in [0.29, 0.717) is 34.6 Å². The van der Waals surface area contributed by atoms with Gasteiger partial charge in [0.25, 0.3) is 5.91 Å². The second-order valence-corrected chi connectivity index (χ2v) is 7.25. The maximum absolute atomic E-state index is 13.3. The Morgan fingerprint density at radius 3 is 2.58 bits per heavy atom. The molecule has 0 saturated heterocycles. The van der Waals surface area contributed by atoms with Crippen molar-refractivity contribution in [2.45, 2.75) is 19.9 Å². The molecule has 4 aromatic rings. The molecule has 0 fully saturated rings. The summed E-state index contributed by atoms with van der Waals surface area (Å²) in [5.74, 6) is 2.65. The summed E-state index contributed by atoms with van der Waals surface area (Å²) in [5.41, 5.74) is 2.04. The summed E-state index contributed by atoms with van der Waals surface area (Å²) in [6.45, 7) is 3.71. The monoisotopic (exact) mass is 412 g/mol. The second kappa shape index (κ2) is 7.56. The first-order chi connectivity index (χ1) is 15.1. The summed E-state index contributed by atoms with van der Waals surface area (Å²) in [6, 6.07) is 18.2. The van der Waals surface area contributed by atoms with Crippen LogP contribution in [0.4, 0.5) is 11.8 Å². The van der Waals surface area contributed by atoms with Crippen molar-refractivity contribution in [2.75, 3.05) is 10.6 Å². The number of anilines is 2. The molecule has 1 unspecified atom stereocenters. The zero-order valence-electron chi connectivity index (χ0n) is 17.0. The van der Waals surface area contributed by atoms with Gasteiger partial charge in [-0.3, -0.25) is 4.79 Å². The summed E-state index contributed by atoms with van der Waals surface area (Å²) in [4.78, 5) is 22.2. The third-order valence-corrected chi connectivity index (χ3v) is 5.07. The predicted octanol–water partition coefficient (Wildman–Crippen LogP) is 4.17. The first-order valence-electron chi connectivity index (χ1n) is 9.88. The molecule has 8 heteroatoms. The zero-order valence-corrected chi connectivity index (χ0v) is 17.0. The molecule has 0 bridgehead atoms. The van der Waals surface area contributed by atoms with Crippen LogP contribution in [0.25, 0.3) is 11.4 Å². The first kappa shape index (κ1) is 18.8. The van der Waals surface area contributed by atoms with Crippen LogP contribution in [0.3, 0.4) is 0 Å². The van der Waals surface area contributed by atoms with Crippen molar-refractivity contribution in [2.24, 2.45) is 0 Å². The lowest BCUT2D eigenvalue weighted by atomic mass is 10.00. The quantitative estimate of drug-likeness (QED) is 0.522. The van der Waals surface area contributed by atoms with Gasteiger partial charge in [0, 0.05) is 17.5 Å². The molecule has 0 saturated carbocycles. The molecule has 3 aromatic heterocycles. The molecule has 5 rings (SSSR count). The van der Waals surface area contributed by atoms with Gasteiger partial charge < -0.3 is 15.1 Å². The Labute approximate surface area is 178 Å². The summed E-state index contributed by atoms with van der Waals surface area (Å²) in [6.07, 6.45) is 1.63. The highest BCUT2D eigenvalue weighted by Crippen LogP contribution is 2.37. The van der Waals surface area contributed by atoms with Gasteiger partial charge in [0.15, 0.2) is 5.82 Å². The van der Waals surface area contributed by atoms with Crippen LogP contribution in [-0.4, -0.2) is 25.7 Å². The molecule has 4 heterocycles. The highest BCUT2D eigenvalue weighted by atomic mass is 16.3. The zero-order chi connectivity index (χ0) is 21.4. The Morgan fingerprint density at radius 1 is 1.06 bits per heavy atom. The normalized spacial score (nSPS) is 15.4. The van der Waals surface area contributed by atoms with E-state index in [1.807, 2.05) is 62.4 Å². The number of pyridine rings is 1. The van der Waals surface area contributed by atoms with Gasteiger partial charge in [-0.05, 0) is 38.1 Å². The number of carbonyl (C=O) groups is 1. The lowest BCUT2D eigenvalue weighted by molar-refractivity contribution is -0.113. The van der Waals surface area contributed by atoms with Gasteiger partial charge in [-0.25, -0.2) is 9.67 Å². The van der Waals surface area contributed by atoms with E-state index in [-0.39, 0.29) is 5.91 Å². The van der Waals surface area contributed by atoms with Crippen molar-refractivity contribution in [3.05, 3.63) is 89.7 Å². The van der Waals surface area contributed by atoms with Gasteiger partial charge in [0.05, 0.1) is 5.57 Å². The number of hydrogen-bond donors (Lipinski definition) is 2. The fourth-order valence-corrected chi connectivity index (χ4v) is 3.64. The van der Waals surface area contributed by atoms with Gasteiger partial charge in [0.2, 0.25) is 5.95 Å². The molecular weight excluding hydrogens is 392 g/mol. The third-order valence-electron chi connectivity index (χ3n) is 5.07.